The molecular weight excluding hydrogens is 413 g/mol. The minimum Gasteiger partial charge on any atom is -0.376 e. The van der Waals surface area contributed by atoms with Crippen LogP contribution in [0.4, 0.5) is 9.39 Å². The van der Waals surface area contributed by atoms with Crippen LogP contribution in [-0.2, 0) is 17.7 Å². The Bertz CT molecular complexity index is 991. The van der Waals surface area contributed by atoms with Gasteiger partial charge in [0.05, 0.1) is 23.0 Å². The van der Waals surface area contributed by atoms with Gasteiger partial charge in [0.25, 0.3) is 0 Å². The monoisotopic (exact) mass is 435 g/mol. The maximum Gasteiger partial charge on any atom is 0.123 e. The number of rotatable bonds is 7. The van der Waals surface area contributed by atoms with Gasteiger partial charge in [0.15, 0.2) is 0 Å². The Morgan fingerprint density at radius 3 is 3.07 bits per heavy atom. The fourth-order valence-corrected chi connectivity index (χ4v) is 4.98. The molecule has 0 saturated heterocycles. The second kappa shape index (κ2) is 8.81. The summed E-state index contributed by atoms with van der Waals surface area (Å²) < 4.78 is 21.1. The van der Waals surface area contributed by atoms with Crippen LogP contribution in [0.15, 0.2) is 36.5 Å². The van der Waals surface area contributed by atoms with Gasteiger partial charge in [-0.2, -0.15) is 5.10 Å². The van der Waals surface area contributed by atoms with E-state index >= 15 is 0 Å². The maximum atomic E-state index is 13.4. The van der Waals surface area contributed by atoms with Crippen LogP contribution in [0.3, 0.4) is 0 Å². The number of thiophene rings is 1. The summed E-state index contributed by atoms with van der Waals surface area (Å²) in [6.45, 7) is 1.17. The summed E-state index contributed by atoms with van der Waals surface area (Å²) >= 11 is 8.03. The second-order valence-corrected chi connectivity index (χ2v) is 8.49. The first-order valence-corrected chi connectivity index (χ1v) is 10.6. The zero-order valence-electron chi connectivity index (χ0n) is 16.0. The molecule has 154 valence electrons. The lowest BCUT2D eigenvalue weighted by Crippen LogP contribution is -2.41. The van der Waals surface area contributed by atoms with Crippen molar-refractivity contribution in [1.29, 1.82) is 0 Å². The molecule has 29 heavy (non-hydrogen) atoms. The van der Waals surface area contributed by atoms with E-state index in [4.69, 9.17) is 22.1 Å². The standard InChI is InChI=1S/C20H23ClFN5OS/c1-28-17-5-6-27-19(16(21)11-24-27)15-9-18(29-20(15)17)26-25-14(10-23)8-12-3-2-4-13(22)7-12/h2-4,7,9,11,14,17,25-26H,5-6,8,10,23H2,1H3. The van der Waals surface area contributed by atoms with E-state index in [1.54, 1.807) is 30.7 Å². The molecule has 0 amide bonds. The molecule has 6 nitrogen and oxygen atoms in total. The fourth-order valence-electron chi connectivity index (χ4n) is 3.60. The van der Waals surface area contributed by atoms with Crippen molar-refractivity contribution >= 4 is 27.9 Å². The van der Waals surface area contributed by atoms with Gasteiger partial charge in [-0.25, -0.2) is 9.82 Å². The van der Waals surface area contributed by atoms with Crippen LogP contribution in [0, 0.1) is 5.82 Å². The summed E-state index contributed by atoms with van der Waals surface area (Å²) in [7, 11) is 1.72. The van der Waals surface area contributed by atoms with Gasteiger partial charge >= 0.3 is 0 Å². The molecule has 0 radical (unpaired) electrons. The molecule has 2 atom stereocenters. The highest BCUT2D eigenvalue weighted by Gasteiger charge is 2.27. The first-order valence-electron chi connectivity index (χ1n) is 9.43. The van der Waals surface area contributed by atoms with E-state index in [9.17, 15) is 4.39 Å². The number of fused-ring (bicyclic) bond motifs is 3. The molecule has 2 unspecified atom stereocenters. The lowest BCUT2D eigenvalue weighted by atomic mass is 10.1. The first-order chi connectivity index (χ1) is 14.1. The van der Waals surface area contributed by atoms with E-state index in [1.165, 1.54) is 12.1 Å². The summed E-state index contributed by atoms with van der Waals surface area (Å²) in [5.74, 6) is -0.243. The van der Waals surface area contributed by atoms with Crippen molar-refractivity contribution in [2.45, 2.75) is 31.5 Å². The zero-order chi connectivity index (χ0) is 20.4. The van der Waals surface area contributed by atoms with Crippen molar-refractivity contribution in [2.75, 3.05) is 19.1 Å². The quantitative estimate of drug-likeness (QED) is 0.489. The summed E-state index contributed by atoms with van der Waals surface area (Å²) in [4.78, 5) is 1.12. The molecule has 0 spiro atoms. The predicted molar refractivity (Wildman–Crippen MR) is 115 cm³/mol. The van der Waals surface area contributed by atoms with Crippen LogP contribution in [0.2, 0.25) is 5.02 Å². The Morgan fingerprint density at radius 2 is 2.31 bits per heavy atom. The number of hydrazine groups is 1. The molecule has 2 aromatic heterocycles. The number of aryl methyl sites for hydroxylation is 1. The van der Waals surface area contributed by atoms with Crippen LogP contribution in [0.5, 0.6) is 0 Å². The molecule has 1 aliphatic rings. The molecule has 0 saturated carbocycles. The van der Waals surface area contributed by atoms with Gasteiger partial charge in [-0.1, -0.05) is 23.7 Å². The fraction of sp³-hybridized carbons (Fsp3) is 0.350. The Kier molecular flexibility index (Phi) is 6.17. The number of benzene rings is 1. The van der Waals surface area contributed by atoms with Crippen molar-refractivity contribution < 1.29 is 9.13 Å². The highest BCUT2D eigenvalue weighted by atomic mass is 35.5. The van der Waals surface area contributed by atoms with Crippen LogP contribution in [0.25, 0.3) is 11.3 Å². The number of nitrogens with one attached hydrogen (secondary N) is 2. The number of anilines is 1. The summed E-state index contributed by atoms with van der Waals surface area (Å²) in [6, 6.07) is 8.58. The van der Waals surface area contributed by atoms with Gasteiger partial charge < -0.3 is 15.9 Å². The van der Waals surface area contributed by atoms with E-state index in [0.29, 0.717) is 18.0 Å². The number of hydrogen-bond acceptors (Lipinski definition) is 6. The van der Waals surface area contributed by atoms with E-state index < -0.39 is 0 Å². The van der Waals surface area contributed by atoms with Crippen molar-refractivity contribution in [1.82, 2.24) is 15.2 Å². The van der Waals surface area contributed by atoms with Crippen LogP contribution in [-0.4, -0.2) is 29.5 Å². The van der Waals surface area contributed by atoms with E-state index in [1.807, 2.05) is 10.7 Å². The van der Waals surface area contributed by atoms with E-state index in [-0.39, 0.29) is 18.0 Å². The predicted octanol–water partition coefficient (Wildman–Crippen LogP) is 3.98. The first kappa shape index (κ1) is 20.3. The second-order valence-electron chi connectivity index (χ2n) is 7.00. The zero-order valence-corrected chi connectivity index (χ0v) is 17.6. The molecule has 0 fully saturated rings. The molecule has 0 bridgehead atoms. The number of methoxy groups -OCH3 is 1. The largest absolute Gasteiger partial charge is 0.376 e. The minimum atomic E-state index is -0.243. The topological polar surface area (TPSA) is 77.1 Å². The average molecular weight is 436 g/mol. The van der Waals surface area contributed by atoms with Crippen molar-refractivity contribution in [3.63, 3.8) is 0 Å². The lowest BCUT2D eigenvalue weighted by Gasteiger charge is -2.18. The van der Waals surface area contributed by atoms with Gasteiger partial charge in [-0.05, 0) is 36.6 Å². The van der Waals surface area contributed by atoms with Crippen LogP contribution < -0.4 is 16.6 Å². The molecule has 4 rings (SSSR count). The third-order valence-electron chi connectivity index (χ3n) is 5.05. The number of halogens is 2. The Hall–Kier alpha value is -1.97. The van der Waals surface area contributed by atoms with Crippen LogP contribution in [0.1, 0.15) is 23.0 Å². The van der Waals surface area contributed by atoms with Gasteiger partial charge in [0.2, 0.25) is 0 Å². The van der Waals surface area contributed by atoms with Crippen molar-refractivity contribution in [3.05, 3.63) is 57.8 Å². The number of ether oxygens (including phenoxy) is 1. The number of hydrogen-bond donors (Lipinski definition) is 3. The SMILES string of the molecule is COC1CCn2ncc(Cl)c2-c2cc(NNC(CN)Cc3cccc(F)c3)sc21. The Morgan fingerprint density at radius 1 is 1.45 bits per heavy atom. The third-order valence-corrected chi connectivity index (χ3v) is 6.47. The normalized spacial score (nSPS) is 16.8. The van der Waals surface area contributed by atoms with Gasteiger partial charge in [0.1, 0.15) is 10.8 Å². The number of nitrogens with zero attached hydrogens (tertiary/aromatic N) is 2. The minimum absolute atomic E-state index is 0.0130. The molecule has 0 aliphatic carbocycles. The molecule has 4 N–H and O–H groups in total. The van der Waals surface area contributed by atoms with Crippen molar-refractivity contribution in [2.24, 2.45) is 5.73 Å². The van der Waals surface area contributed by atoms with E-state index in [0.717, 1.165) is 39.7 Å². The number of nitrogens with two attached hydrogens (primary N) is 1. The highest BCUT2D eigenvalue weighted by molar-refractivity contribution is 7.16. The van der Waals surface area contributed by atoms with Gasteiger partial charge in [0, 0.05) is 36.7 Å². The smallest absolute Gasteiger partial charge is 0.123 e. The number of aromatic nitrogens is 2. The summed E-state index contributed by atoms with van der Waals surface area (Å²) in [5.41, 5.74) is 15.3. The maximum absolute atomic E-state index is 13.4. The Labute approximate surface area is 177 Å². The Balaban J connectivity index is 1.52. The molecule has 9 heteroatoms. The van der Waals surface area contributed by atoms with Crippen LogP contribution >= 0.6 is 22.9 Å². The molecule has 1 aliphatic heterocycles. The van der Waals surface area contributed by atoms with E-state index in [2.05, 4.69) is 22.0 Å². The molecule has 3 heterocycles. The van der Waals surface area contributed by atoms with Gasteiger partial charge in [-0.15, -0.1) is 11.3 Å². The molecule has 3 aromatic rings. The summed E-state index contributed by atoms with van der Waals surface area (Å²) in [6.07, 6.45) is 3.11. The summed E-state index contributed by atoms with van der Waals surface area (Å²) in [5, 5.41) is 5.95. The van der Waals surface area contributed by atoms with Gasteiger partial charge in [-0.3, -0.25) is 4.68 Å². The molecule has 1 aromatic carbocycles. The average Bonchev–Trinajstić information content (AvgIpc) is 3.25. The van der Waals surface area contributed by atoms with Crippen molar-refractivity contribution in [3.8, 4) is 11.3 Å². The third kappa shape index (κ3) is 4.31. The molecular formula is C20H23ClFN5OS. The highest BCUT2D eigenvalue weighted by Crippen LogP contribution is 2.45. The lowest BCUT2D eigenvalue weighted by molar-refractivity contribution is 0.0955.